The Balaban J connectivity index is 2.69. The molecular weight excluding hydrogens is 222 g/mol. The number of aromatic hydroxyl groups is 1. The van der Waals surface area contributed by atoms with E-state index in [0.717, 1.165) is 12.3 Å². The number of phenolic OH excluding ortho intramolecular Hbond substituents is 1. The van der Waals surface area contributed by atoms with Crippen LogP contribution in [0.15, 0.2) is 16.7 Å². The fraction of sp³-hybridized carbons (Fsp3) is 0.100. The molecule has 1 aromatic carbocycles. The van der Waals surface area contributed by atoms with Gasteiger partial charge in [0.05, 0.1) is 12.7 Å². The Kier molecular flexibility index (Phi) is 2.26. The number of carbonyl (C=O) groups is 1. The molecule has 0 aliphatic carbocycles. The first kappa shape index (κ1) is 10.4. The molecule has 2 aromatic rings. The van der Waals surface area contributed by atoms with Crippen LogP contribution in [0.4, 0.5) is 8.78 Å². The molecule has 16 heavy (non-hydrogen) atoms. The second-order valence-corrected chi connectivity index (χ2v) is 3.23. The summed E-state index contributed by atoms with van der Waals surface area (Å²) in [6.07, 6.45) is 0.622. The molecule has 1 aromatic heterocycles. The molecule has 0 aliphatic rings. The minimum absolute atomic E-state index is 0.00944. The molecule has 0 atom stereocenters. The molecule has 0 amide bonds. The summed E-state index contributed by atoms with van der Waals surface area (Å²) >= 11 is 0. The minimum atomic E-state index is -1.23. The van der Waals surface area contributed by atoms with E-state index in [2.05, 4.69) is 0 Å². The highest BCUT2D eigenvalue weighted by atomic mass is 19.1. The molecule has 0 unspecified atom stereocenters. The number of furan rings is 1. The van der Waals surface area contributed by atoms with Gasteiger partial charge in [-0.2, -0.15) is 4.39 Å². The third-order valence-corrected chi connectivity index (χ3v) is 2.16. The van der Waals surface area contributed by atoms with E-state index in [1.165, 1.54) is 0 Å². The van der Waals surface area contributed by atoms with Crippen LogP contribution in [0, 0.1) is 11.6 Å². The van der Waals surface area contributed by atoms with Crippen molar-refractivity contribution in [3.8, 4) is 5.75 Å². The molecule has 84 valence electrons. The topological polar surface area (TPSA) is 70.7 Å². The fourth-order valence-corrected chi connectivity index (χ4v) is 1.44. The first-order chi connectivity index (χ1) is 7.50. The van der Waals surface area contributed by atoms with E-state index in [0.29, 0.717) is 0 Å². The van der Waals surface area contributed by atoms with Crippen molar-refractivity contribution in [2.75, 3.05) is 0 Å². The predicted octanol–water partition coefficient (Wildman–Crippen LogP) is 2.04. The summed E-state index contributed by atoms with van der Waals surface area (Å²) in [5.41, 5.74) is -0.199. The molecule has 0 aliphatic heterocycles. The van der Waals surface area contributed by atoms with Gasteiger partial charge in [0.1, 0.15) is 0 Å². The standard InChI is InChI=1S/C10H6F2O4/c11-6-2-5-4(1-7(13)14)3-16-10(5)8(12)9(6)15/h2-3,15H,1H2,(H,13,14). The normalized spacial score (nSPS) is 10.9. The molecule has 0 radical (unpaired) electrons. The van der Waals surface area contributed by atoms with Crippen molar-refractivity contribution in [3.05, 3.63) is 29.5 Å². The van der Waals surface area contributed by atoms with Gasteiger partial charge in [-0.3, -0.25) is 4.79 Å². The van der Waals surface area contributed by atoms with Crippen molar-refractivity contribution in [2.24, 2.45) is 0 Å². The average molecular weight is 228 g/mol. The summed E-state index contributed by atoms with van der Waals surface area (Å²) in [7, 11) is 0. The van der Waals surface area contributed by atoms with Crippen molar-refractivity contribution in [1.82, 2.24) is 0 Å². The van der Waals surface area contributed by atoms with Crippen molar-refractivity contribution in [1.29, 1.82) is 0 Å². The van der Waals surface area contributed by atoms with Gasteiger partial charge < -0.3 is 14.6 Å². The van der Waals surface area contributed by atoms with Gasteiger partial charge in [0.15, 0.2) is 17.1 Å². The van der Waals surface area contributed by atoms with Crippen molar-refractivity contribution < 1.29 is 28.2 Å². The Bertz CT molecular complexity index is 574. The van der Waals surface area contributed by atoms with Gasteiger partial charge in [-0.15, -0.1) is 0 Å². The summed E-state index contributed by atoms with van der Waals surface area (Å²) in [5, 5.41) is 17.5. The van der Waals surface area contributed by atoms with Crippen LogP contribution in [0.2, 0.25) is 0 Å². The molecule has 0 saturated carbocycles. The molecule has 2 rings (SSSR count). The molecule has 0 bridgehead atoms. The lowest BCUT2D eigenvalue weighted by Gasteiger charge is -1.98. The number of hydrogen-bond donors (Lipinski definition) is 2. The number of carboxylic acid groups (broad SMARTS) is 1. The van der Waals surface area contributed by atoms with E-state index in [4.69, 9.17) is 14.6 Å². The maximum Gasteiger partial charge on any atom is 0.307 e. The monoisotopic (exact) mass is 228 g/mol. The molecule has 0 saturated heterocycles. The molecule has 2 N–H and O–H groups in total. The zero-order chi connectivity index (χ0) is 11.9. The lowest BCUT2D eigenvalue weighted by Crippen LogP contribution is -1.99. The van der Waals surface area contributed by atoms with E-state index >= 15 is 0 Å². The van der Waals surface area contributed by atoms with Crippen LogP contribution in [0.3, 0.4) is 0 Å². The number of halogens is 2. The van der Waals surface area contributed by atoms with Crippen molar-refractivity contribution in [3.63, 3.8) is 0 Å². The lowest BCUT2D eigenvalue weighted by molar-refractivity contribution is -0.136. The summed E-state index contributed by atoms with van der Waals surface area (Å²) in [5.74, 6) is -4.66. The highest BCUT2D eigenvalue weighted by Crippen LogP contribution is 2.31. The second kappa shape index (κ2) is 3.48. The van der Waals surface area contributed by atoms with Crippen LogP contribution in [0.5, 0.6) is 5.75 Å². The Hall–Kier alpha value is -2.11. The molecule has 0 spiro atoms. The number of aliphatic carboxylic acids is 1. The van der Waals surface area contributed by atoms with Gasteiger partial charge in [-0.25, -0.2) is 4.39 Å². The number of carboxylic acids is 1. The van der Waals surface area contributed by atoms with Gasteiger partial charge in [-0.1, -0.05) is 0 Å². The van der Waals surface area contributed by atoms with Crippen LogP contribution >= 0.6 is 0 Å². The number of rotatable bonds is 2. The lowest BCUT2D eigenvalue weighted by atomic mass is 10.1. The van der Waals surface area contributed by atoms with E-state index in [1.807, 2.05) is 0 Å². The first-order valence-corrected chi connectivity index (χ1v) is 4.29. The van der Waals surface area contributed by atoms with E-state index in [1.54, 1.807) is 0 Å². The van der Waals surface area contributed by atoms with Crippen LogP contribution < -0.4 is 0 Å². The summed E-state index contributed by atoms with van der Waals surface area (Å²) in [6.45, 7) is 0. The maximum atomic E-state index is 13.3. The quantitative estimate of drug-likeness (QED) is 0.825. The van der Waals surface area contributed by atoms with Crippen molar-refractivity contribution >= 4 is 16.9 Å². The zero-order valence-electron chi connectivity index (χ0n) is 7.83. The molecule has 4 nitrogen and oxygen atoms in total. The summed E-state index contributed by atoms with van der Waals surface area (Å²) in [6, 6.07) is 0.843. The van der Waals surface area contributed by atoms with Gasteiger partial charge in [0.25, 0.3) is 0 Å². The highest BCUT2D eigenvalue weighted by molar-refractivity contribution is 5.86. The van der Waals surface area contributed by atoms with Crippen LogP contribution in [0.1, 0.15) is 5.56 Å². The van der Waals surface area contributed by atoms with Crippen molar-refractivity contribution in [2.45, 2.75) is 6.42 Å². The molecule has 6 heteroatoms. The number of benzene rings is 1. The van der Waals surface area contributed by atoms with E-state index in [-0.39, 0.29) is 16.5 Å². The predicted molar refractivity (Wildman–Crippen MR) is 49.1 cm³/mol. The molecule has 1 heterocycles. The zero-order valence-corrected chi connectivity index (χ0v) is 7.83. The average Bonchev–Trinajstić information content (AvgIpc) is 2.58. The maximum absolute atomic E-state index is 13.3. The van der Waals surface area contributed by atoms with Gasteiger partial charge in [0.2, 0.25) is 5.82 Å². The summed E-state index contributed by atoms with van der Waals surface area (Å²) in [4.78, 5) is 10.5. The van der Waals surface area contributed by atoms with Gasteiger partial charge in [-0.05, 0) is 6.07 Å². The second-order valence-electron chi connectivity index (χ2n) is 3.23. The largest absolute Gasteiger partial charge is 0.503 e. The fourth-order valence-electron chi connectivity index (χ4n) is 1.44. The number of hydrogen-bond acceptors (Lipinski definition) is 3. The number of fused-ring (bicyclic) bond motifs is 1. The van der Waals surface area contributed by atoms with Crippen LogP contribution in [-0.2, 0) is 11.2 Å². The molecular formula is C10H6F2O4. The smallest absolute Gasteiger partial charge is 0.307 e. The highest BCUT2D eigenvalue weighted by Gasteiger charge is 2.19. The van der Waals surface area contributed by atoms with Crippen LogP contribution in [0.25, 0.3) is 11.0 Å². The molecule has 0 fully saturated rings. The van der Waals surface area contributed by atoms with Gasteiger partial charge in [0, 0.05) is 10.9 Å². The Morgan fingerprint density at radius 2 is 2.12 bits per heavy atom. The Morgan fingerprint density at radius 1 is 1.44 bits per heavy atom. The SMILES string of the molecule is O=C(O)Cc1coc2c(F)c(O)c(F)cc12. The summed E-state index contributed by atoms with van der Waals surface area (Å²) < 4.78 is 31.1. The third-order valence-electron chi connectivity index (χ3n) is 2.16. The van der Waals surface area contributed by atoms with Crippen LogP contribution in [-0.4, -0.2) is 16.2 Å². The first-order valence-electron chi connectivity index (χ1n) is 4.29. The Morgan fingerprint density at radius 3 is 2.75 bits per heavy atom. The Labute approximate surface area is 87.7 Å². The third kappa shape index (κ3) is 1.48. The van der Waals surface area contributed by atoms with Gasteiger partial charge >= 0.3 is 5.97 Å². The van der Waals surface area contributed by atoms with E-state index in [9.17, 15) is 13.6 Å². The number of phenols is 1. The minimum Gasteiger partial charge on any atom is -0.503 e. The van der Waals surface area contributed by atoms with E-state index < -0.39 is 29.8 Å².